The zero-order valence-corrected chi connectivity index (χ0v) is 17.0. The van der Waals surface area contributed by atoms with Gasteiger partial charge in [0.05, 0.1) is 4.47 Å². The van der Waals surface area contributed by atoms with E-state index < -0.39 is 8.32 Å². The van der Waals surface area contributed by atoms with Gasteiger partial charge in [-0.15, -0.1) is 0 Å². The molecular formula is C17H29BrOSi. The van der Waals surface area contributed by atoms with Crippen LogP contribution in [0.2, 0.25) is 18.1 Å². The molecule has 0 unspecified atom stereocenters. The maximum atomic E-state index is 6.60. The third-order valence-electron chi connectivity index (χ3n) is 4.16. The highest BCUT2D eigenvalue weighted by Crippen LogP contribution is 2.43. The lowest BCUT2D eigenvalue weighted by Crippen LogP contribution is -2.44. The fraction of sp³-hybridized carbons (Fsp3) is 0.647. The van der Waals surface area contributed by atoms with Gasteiger partial charge in [-0.05, 0) is 63.6 Å². The molecule has 0 radical (unpaired) electrons. The number of benzene rings is 1. The van der Waals surface area contributed by atoms with Crippen LogP contribution in [0, 0.1) is 6.92 Å². The van der Waals surface area contributed by atoms with Gasteiger partial charge < -0.3 is 4.43 Å². The van der Waals surface area contributed by atoms with Gasteiger partial charge in [-0.25, -0.2) is 0 Å². The van der Waals surface area contributed by atoms with E-state index in [1.807, 2.05) is 0 Å². The molecule has 0 bridgehead atoms. The van der Waals surface area contributed by atoms with Gasteiger partial charge in [-0.1, -0.05) is 47.6 Å². The molecule has 1 rings (SSSR count). The molecule has 0 N–H and O–H groups in total. The first kappa shape index (κ1) is 17.8. The second-order valence-electron chi connectivity index (χ2n) is 8.24. The highest BCUT2D eigenvalue weighted by atomic mass is 79.9. The molecule has 114 valence electrons. The Kier molecular flexibility index (Phi) is 4.88. The van der Waals surface area contributed by atoms with Crippen molar-refractivity contribution in [3.05, 3.63) is 27.7 Å². The predicted molar refractivity (Wildman–Crippen MR) is 95.4 cm³/mol. The Morgan fingerprint density at radius 3 is 1.90 bits per heavy atom. The average Bonchev–Trinajstić information content (AvgIpc) is 2.18. The summed E-state index contributed by atoms with van der Waals surface area (Å²) in [4.78, 5) is 0. The number of rotatable bonds is 2. The first-order valence-electron chi connectivity index (χ1n) is 7.25. The molecule has 0 saturated heterocycles. The van der Waals surface area contributed by atoms with E-state index >= 15 is 0 Å². The van der Waals surface area contributed by atoms with E-state index in [9.17, 15) is 0 Å². The fourth-order valence-corrected chi connectivity index (χ4v) is 3.64. The minimum atomic E-state index is -1.83. The normalized spacial score (nSPS) is 13.5. The van der Waals surface area contributed by atoms with Crippen LogP contribution in [0.5, 0.6) is 5.75 Å². The van der Waals surface area contributed by atoms with E-state index in [1.165, 1.54) is 11.1 Å². The Morgan fingerprint density at radius 1 is 1.00 bits per heavy atom. The summed E-state index contributed by atoms with van der Waals surface area (Å²) in [5.41, 5.74) is 2.63. The Morgan fingerprint density at radius 2 is 1.50 bits per heavy atom. The van der Waals surface area contributed by atoms with E-state index in [4.69, 9.17) is 4.43 Å². The lowest BCUT2D eigenvalue weighted by atomic mass is 9.85. The van der Waals surface area contributed by atoms with Crippen molar-refractivity contribution >= 4 is 24.2 Å². The first-order valence-corrected chi connectivity index (χ1v) is 11.0. The van der Waals surface area contributed by atoms with Gasteiger partial charge in [0.2, 0.25) is 0 Å². The first-order chi connectivity index (χ1) is 8.75. The Balaban J connectivity index is 3.39. The third kappa shape index (κ3) is 3.88. The largest absolute Gasteiger partial charge is 0.543 e. The average molecular weight is 357 g/mol. The number of halogens is 1. The molecule has 1 aromatic rings. The molecule has 0 saturated carbocycles. The van der Waals surface area contributed by atoms with E-state index in [-0.39, 0.29) is 10.5 Å². The van der Waals surface area contributed by atoms with E-state index in [0.717, 1.165) is 10.2 Å². The van der Waals surface area contributed by atoms with E-state index in [0.29, 0.717) is 0 Å². The van der Waals surface area contributed by atoms with Crippen molar-refractivity contribution in [2.24, 2.45) is 0 Å². The third-order valence-corrected chi connectivity index (χ3v) is 9.08. The maximum Gasteiger partial charge on any atom is 0.250 e. The van der Waals surface area contributed by atoms with Gasteiger partial charge in [0, 0.05) is 0 Å². The SMILES string of the molecule is Cc1cc(Br)c(O[Si](C)(C)C(C)(C)C)c(C(C)(C)C)c1. The molecule has 0 amide bonds. The molecule has 0 aliphatic carbocycles. The standard InChI is InChI=1S/C17H29BrOSi/c1-12-10-13(16(2,3)4)15(14(18)11-12)19-20(8,9)17(5,6)7/h10-11H,1-9H3. The molecule has 0 spiro atoms. The van der Waals surface area contributed by atoms with Crippen molar-refractivity contribution in [1.82, 2.24) is 0 Å². The Labute approximate surface area is 134 Å². The van der Waals surface area contributed by atoms with Crippen molar-refractivity contribution in [2.75, 3.05) is 0 Å². The summed E-state index contributed by atoms with van der Waals surface area (Å²) >= 11 is 3.71. The molecule has 0 fully saturated rings. The van der Waals surface area contributed by atoms with Crippen molar-refractivity contribution in [2.45, 2.75) is 72.0 Å². The fourth-order valence-electron chi connectivity index (χ4n) is 1.80. The van der Waals surface area contributed by atoms with Crippen LogP contribution in [0.1, 0.15) is 52.7 Å². The molecule has 0 aliphatic heterocycles. The molecule has 0 aromatic heterocycles. The van der Waals surface area contributed by atoms with Gasteiger partial charge in [-0.2, -0.15) is 0 Å². The van der Waals surface area contributed by atoms with Crippen molar-refractivity contribution in [3.8, 4) is 5.75 Å². The topological polar surface area (TPSA) is 9.23 Å². The van der Waals surface area contributed by atoms with E-state index in [1.54, 1.807) is 0 Å². The molecular weight excluding hydrogens is 328 g/mol. The van der Waals surface area contributed by atoms with Gasteiger partial charge >= 0.3 is 0 Å². The molecule has 20 heavy (non-hydrogen) atoms. The summed E-state index contributed by atoms with van der Waals surface area (Å²) in [6, 6.07) is 4.41. The molecule has 0 heterocycles. The zero-order valence-electron chi connectivity index (χ0n) is 14.4. The van der Waals surface area contributed by atoms with Crippen LogP contribution < -0.4 is 4.43 Å². The number of hydrogen-bond donors (Lipinski definition) is 0. The van der Waals surface area contributed by atoms with Gasteiger partial charge in [0.15, 0.2) is 0 Å². The number of hydrogen-bond acceptors (Lipinski definition) is 1. The van der Waals surface area contributed by atoms with Gasteiger partial charge in [0.25, 0.3) is 8.32 Å². The lowest BCUT2D eigenvalue weighted by Gasteiger charge is -2.38. The maximum absolute atomic E-state index is 6.60. The minimum absolute atomic E-state index is 0.0756. The summed E-state index contributed by atoms with van der Waals surface area (Å²) in [6.45, 7) is 20.3. The van der Waals surface area contributed by atoms with Crippen molar-refractivity contribution in [1.29, 1.82) is 0 Å². The smallest absolute Gasteiger partial charge is 0.250 e. The predicted octanol–water partition coefficient (Wildman–Crippen LogP) is 6.44. The molecule has 0 aliphatic rings. The lowest BCUT2D eigenvalue weighted by molar-refractivity contribution is 0.465. The summed E-state index contributed by atoms with van der Waals surface area (Å²) in [5.74, 6) is 1.04. The summed E-state index contributed by atoms with van der Waals surface area (Å²) < 4.78 is 7.68. The van der Waals surface area contributed by atoms with Gasteiger partial charge in [-0.3, -0.25) is 0 Å². The quantitative estimate of drug-likeness (QED) is 0.554. The Bertz CT molecular complexity index is 493. The van der Waals surface area contributed by atoms with Crippen LogP contribution in [0.4, 0.5) is 0 Å². The van der Waals surface area contributed by atoms with Crippen LogP contribution in [0.15, 0.2) is 16.6 Å². The van der Waals surface area contributed by atoms with E-state index in [2.05, 4.69) is 89.6 Å². The summed E-state index contributed by atoms with van der Waals surface area (Å²) in [5, 5.41) is 0.201. The van der Waals surface area contributed by atoms with Crippen LogP contribution in [0.25, 0.3) is 0 Å². The second-order valence-corrected chi connectivity index (χ2v) is 13.8. The van der Waals surface area contributed by atoms with Crippen LogP contribution >= 0.6 is 15.9 Å². The van der Waals surface area contributed by atoms with Crippen molar-refractivity contribution in [3.63, 3.8) is 0 Å². The van der Waals surface area contributed by atoms with Crippen LogP contribution in [0.3, 0.4) is 0 Å². The monoisotopic (exact) mass is 356 g/mol. The minimum Gasteiger partial charge on any atom is -0.543 e. The van der Waals surface area contributed by atoms with Crippen molar-refractivity contribution < 1.29 is 4.43 Å². The molecule has 3 heteroatoms. The molecule has 1 aromatic carbocycles. The molecule has 0 atom stereocenters. The number of aryl methyl sites for hydroxylation is 1. The zero-order chi connectivity index (χ0) is 15.9. The summed E-state index contributed by atoms with van der Waals surface area (Å²) in [6.07, 6.45) is 0. The van der Waals surface area contributed by atoms with Gasteiger partial charge in [0.1, 0.15) is 5.75 Å². The highest BCUT2D eigenvalue weighted by Gasteiger charge is 2.40. The Hall–Kier alpha value is -0.283. The van der Waals surface area contributed by atoms with Crippen LogP contribution in [-0.4, -0.2) is 8.32 Å². The highest BCUT2D eigenvalue weighted by molar-refractivity contribution is 9.10. The molecule has 1 nitrogen and oxygen atoms in total. The second kappa shape index (κ2) is 5.49. The van der Waals surface area contributed by atoms with Crippen LogP contribution in [-0.2, 0) is 5.41 Å². The summed E-state index contributed by atoms with van der Waals surface area (Å²) in [7, 11) is -1.83.